The molecule has 0 fully saturated rings. The molecule has 0 heterocycles. The first-order valence-electron chi connectivity index (χ1n) is 7.33. The third-order valence-electron chi connectivity index (χ3n) is 4.53. The van der Waals surface area contributed by atoms with Gasteiger partial charge in [0, 0.05) is 12.0 Å². The molecule has 112 valence electrons. The van der Waals surface area contributed by atoms with Crippen molar-refractivity contribution in [3.8, 4) is 0 Å². The van der Waals surface area contributed by atoms with Gasteiger partial charge in [-0.2, -0.15) is 0 Å². The van der Waals surface area contributed by atoms with E-state index in [0.29, 0.717) is 5.92 Å². The molecule has 2 heteroatoms. The molecule has 0 aliphatic rings. The molecule has 1 aromatic carbocycles. The SMILES string of the molecule is C=C(OC)C(C)C(C)(C)CC(c1ccccc1)C(C)N. The molecule has 0 radical (unpaired) electrons. The summed E-state index contributed by atoms with van der Waals surface area (Å²) in [5.74, 6) is 1.47. The maximum absolute atomic E-state index is 6.23. The number of rotatable bonds is 7. The van der Waals surface area contributed by atoms with Gasteiger partial charge in [0.15, 0.2) is 0 Å². The second-order valence-electron chi connectivity index (χ2n) is 6.46. The minimum Gasteiger partial charge on any atom is -0.501 e. The first-order chi connectivity index (χ1) is 9.29. The summed E-state index contributed by atoms with van der Waals surface area (Å²) in [6.45, 7) is 12.8. The van der Waals surface area contributed by atoms with Gasteiger partial charge in [0.1, 0.15) is 0 Å². The smallest absolute Gasteiger partial charge is 0.0917 e. The Balaban J connectivity index is 2.93. The number of nitrogens with two attached hydrogens (primary N) is 1. The van der Waals surface area contributed by atoms with Crippen LogP contribution in [0.5, 0.6) is 0 Å². The van der Waals surface area contributed by atoms with Gasteiger partial charge in [-0.25, -0.2) is 0 Å². The van der Waals surface area contributed by atoms with Crippen molar-refractivity contribution in [3.63, 3.8) is 0 Å². The molecule has 1 aromatic rings. The lowest BCUT2D eigenvalue weighted by Gasteiger charge is -2.37. The summed E-state index contributed by atoms with van der Waals surface area (Å²) >= 11 is 0. The predicted octanol–water partition coefficient (Wildman–Crippen LogP) is 4.33. The molecule has 0 saturated heterocycles. The zero-order valence-electron chi connectivity index (χ0n) is 13.5. The van der Waals surface area contributed by atoms with Crippen LogP contribution in [0.4, 0.5) is 0 Å². The molecule has 0 aromatic heterocycles. The molecule has 0 amide bonds. The molecule has 0 bridgehead atoms. The van der Waals surface area contributed by atoms with Crippen molar-refractivity contribution in [2.75, 3.05) is 7.11 Å². The van der Waals surface area contributed by atoms with Gasteiger partial charge in [-0.3, -0.25) is 0 Å². The zero-order chi connectivity index (χ0) is 15.3. The summed E-state index contributed by atoms with van der Waals surface area (Å²) in [4.78, 5) is 0. The summed E-state index contributed by atoms with van der Waals surface area (Å²) in [5, 5.41) is 0. The monoisotopic (exact) mass is 275 g/mol. The van der Waals surface area contributed by atoms with Crippen LogP contribution in [0.3, 0.4) is 0 Å². The van der Waals surface area contributed by atoms with Gasteiger partial charge in [-0.1, -0.05) is 57.7 Å². The maximum Gasteiger partial charge on any atom is 0.0917 e. The van der Waals surface area contributed by atoms with Crippen LogP contribution in [0.1, 0.15) is 45.6 Å². The van der Waals surface area contributed by atoms with E-state index in [1.807, 2.05) is 6.07 Å². The van der Waals surface area contributed by atoms with Crippen molar-refractivity contribution in [2.24, 2.45) is 17.1 Å². The van der Waals surface area contributed by atoms with E-state index in [-0.39, 0.29) is 17.4 Å². The van der Waals surface area contributed by atoms with E-state index in [4.69, 9.17) is 10.5 Å². The standard InChI is InChI=1S/C18H29NO/c1-13(15(3)20-6)18(4,5)12-17(14(2)19)16-10-8-7-9-11-16/h7-11,13-14,17H,3,12,19H2,1-2,4-6H3. The molecule has 2 N–H and O–H groups in total. The van der Waals surface area contributed by atoms with Crippen LogP contribution in [-0.2, 0) is 4.74 Å². The van der Waals surface area contributed by atoms with E-state index >= 15 is 0 Å². The van der Waals surface area contributed by atoms with Crippen molar-refractivity contribution in [2.45, 2.75) is 46.1 Å². The number of allylic oxidation sites excluding steroid dienone is 1. The van der Waals surface area contributed by atoms with Gasteiger partial charge >= 0.3 is 0 Å². The highest BCUT2D eigenvalue weighted by molar-refractivity contribution is 5.21. The molecule has 0 spiro atoms. The zero-order valence-corrected chi connectivity index (χ0v) is 13.5. The van der Waals surface area contributed by atoms with Crippen LogP contribution in [0, 0.1) is 11.3 Å². The first-order valence-corrected chi connectivity index (χ1v) is 7.33. The van der Waals surface area contributed by atoms with E-state index < -0.39 is 0 Å². The third-order valence-corrected chi connectivity index (χ3v) is 4.53. The fourth-order valence-electron chi connectivity index (χ4n) is 2.66. The quantitative estimate of drug-likeness (QED) is 0.752. The van der Waals surface area contributed by atoms with E-state index in [0.717, 1.165) is 12.2 Å². The Morgan fingerprint density at radius 3 is 2.25 bits per heavy atom. The van der Waals surface area contributed by atoms with Crippen molar-refractivity contribution in [1.29, 1.82) is 0 Å². The third kappa shape index (κ3) is 4.11. The molecule has 0 aliphatic heterocycles. The Kier molecular flexibility index (Phi) is 5.82. The van der Waals surface area contributed by atoms with Gasteiger partial charge in [-0.05, 0) is 30.2 Å². The summed E-state index contributed by atoms with van der Waals surface area (Å²) in [7, 11) is 1.69. The number of methoxy groups -OCH3 is 1. The van der Waals surface area contributed by atoms with Crippen LogP contribution in [0.15, 0.2) is 42.7 Å². The number of hydrogen-bond acceptors (Lipinski definition) is 2. The Bertz CT molecular complexity index is 422. The van der Waals surface area contributed by atoms with Gasteiger partial charge in [0.25, 0.3) is 0 Å². The lowest BCUT2D eigenvalue weighted by atomic mass is 9.70. The molecule has 3 atom stereocenters. The summed E-state index contributed by atoms with van der Waals surface area (Å²) in [6.07, 6.45) is 1.01. The van der Waals surface area contributed by atoms with Crippen molar-refractivity contribution in [3.05, 3.63) is 48.2 Å². The fraction of sp³-hybridized carbons (Fsp3) is 0.556. The van der Waals surface area contributed by atoms with Crippen LogP contribution in [0.2, 0.25) is 0 Å². The molecule has 0 saturated carbocycles. The molecule has 0 aliphatic carbocycles. The average molecular weight is 275 g/mol. The van der Waals surface area contributed by atoms with Crippen LogP contribution < -0.4 is 5.73 Å². The van der Waals surface area contributed by atoms with Crippen molar-refractivity contribution in [1.82, 2.24) is 0 Å². The largest absolute Gasteiger partial charge is 0.501 e. The predicted molar refractivity (Wildman–Crippen MR) is 86.5 cm³/mol. The van der Waals surface area contributed by atoms with E-state index in [2.05, 4.69) is 58.5 Å². The highest BCUT2D eigenvalue weighted by Crippen LogP contribution is 2.41. The molecular formula is C18H29NO. The molecule has 2 nitrogen and oxygen atoms in total. The van der Waals surface area contributed by atoms with Gasteiger partial charge < -0.3 is 10.5 Å². The van der Waals surface area contributed by atoms with Crippen LogP contribution in [0.25, 0.3) is 0 Å². The number of ether oxygens (including phenoxy) is 1. The second-order valence-corrected chi connectivity index (χ2v) is 6.46. The van der Waals surface area contributed by atoms with Gasteiger partial charge in [0.05, 0.1) is 12.9 Å². The Morgan fingerprint density at radius 1 is 1.25 bits per heavy atom. The van der Waals surface area contributed by atoms with Gasteiger partial charge in [-0.15, -0.1) is 0 Å². The highest BCUT2D eigenvalue weighted by Gasteiger charge is 2.33. The highest BCUT2D eigenvalue weighted by atomic mass is 16.5. The van der Waals surface area contributed by atoms with Crippen LogP contribution >= 0.6 is 0 Å². The van der Waals surface area contributed by atoms with Gasteiger partial charge in [0.2, 0.25) is 0 Å². The van der Waals surface area contributed by atoms with E-state index in [1.54, 1.807) is 7.11 Å². The minimum absolute atomic E-state index is 0.0846. The van der Waals surface area contributed by atoms with E-state index in [9.17, 15) is 0 Å². The fourth-order valence-corrected chi connectivity index (χ4v) is 2.66. The normalized spacial score (nSPS) is 16.3. The Labute approximate surface area is 124 Å². The summed E-state index contributed by atoms with van der Waals surface area (Å²) in [6, 6.07) is 10.7. The molecule has 20 heavy (non-hydrogen) atoms. The number of hydrogen-bond donors (Lipinski definition) is 1. The second kappa shape index (κ2) is 6.94. The maximum atomic E-state index is 6.23. The van der Waals surface area contributed by atoms with Crippen molar-refractivity contribution >= 4 is 0 Å². The summed E-state index contributed by atoms with van der Waals surface area (Å²) in [5.41, 5.74) is 7.63. The lowest BCUT2D eigenvalue weighted by molar-refractivity contribution is 0.144. The van der Waals surface area contributed by atoms with E-state index in [1.165, 1.54) is 5.56 Å². The van der Waals surface area contributed by atoms with Crippen molar-refractivity contribution < 1.29 is 4.74 Å². The van der Waals surface area contributed by atoms with Crippen LogP contribution in [-0.4, -0.2) is 13.2 Å². The number of benzene rings is 1. The average Bonchev–Trinajstić information content (AvgIpc) is 2.43. The first kappa shape index (κ1) is 16.8. The molecular weight excluding hydrogens is 246 g/mol. The molecule has 3 unspecified atom stereocenters. The minimum atomic E-state index is 0.0846. The Morgan fingerprint density at radius 2 is 1.80 bits per heavy atom. The lowest BCUT2D eigenvalue weighted by Crippen LogP contribution is -2.33. The Hall–Kier alpha value is -1.28. The molecule has 1 rings (SSSR count). The topological polar surface area (TPSA) is 35.2 Å². The summed E-state index contributed by atoms with van der Waals surface area (Å²) < 4.78 is 5.32.